The predicted molar refractivity (Wildman–Crippen MR) is 102 cm³/mol. The molecule has 1 aromatic heterocycles. The van der Waals surface area contributed by atoms with E-state index < -0.39 is 42.3 Å². The highest BCUT2D eigenvalue weighted by Gasteiger charge is 2.39. The molecule has 0 spiro atoms. The number of H-pyrrole nitrogens is 1. The molecule has 0 bridgehead atoms. The number of primary amides is 1. The average molecular weight is 432 g/mol. The van der Waals surface area contributed by atoms with Crippen molar-refractivity contribution in [2.24, 2.45) is 23.3 Å². The number of halogens is 5. The van der Waals surface area contributed by atoms with Crippen molar-refractivity contribution in [3.05, 3.63) is 29.6 Å². The SMILES string of the molecule is CC(c1ccc2[nH]c([C@@H](N)C3CCC(F)(F)CC3)nc2c1)C(CC(F)(F)F)C(N)=O. The van der Waals surface area contributed by atoms with Crippen molar-refractivity contribution in [1.29, 1.82) is 0 Å². The Hall–Kier alpha value is -2.23. The number of imidazole rings is 1. The maximum absolute atomic E-state index is 13.4. The van der Waals surface area contributed by atoms with Crippen molar-refractivity contribution >= 4 is 16.9 Å². The second-order valence-corrected chi connectivity index (χ2v) is 8.23. The van der Waals surface area contributed by atoms with Gasteiger partial charge in [0.05, 0.1) is 29.4 Å². The van der Waals surface area contributed by atoms with Crippen LogP contribution in [0.3, 0.4) is 0 Å². The summed E-state index contributed by atoms with van der Waals surface area (Å²) in [6, 6.07) is 4.34. The predicted octanol–water partition coefficient (Wildman–Crippen LogP) is 4.55. The van der Waals surface area contributed by atoms with E-state index in [4.69, 9.17) is 11.5 Å². The van der Waals surface area contributed by atoms with Crippen LogP contribution in [0.15, 0.2) is 18.2 Å². The lowest BCUT2D eigenvalue weighted by molar-refractivity contribution is -0.154. The quantitative estimate of drug-likeness (QED) is 0.585. The van der Waals surface area contributed by atoms with Gasteiger partial charge >= 0.3 is 6.18 Å². The van der Waals surface area contributed by atoms with Crippen LogP contribution in [-0.4, -0.2) is 28.0 Å². The Morgan fingerprint density at radius 1 is 1.30 bits per heavy atom. The van der Waals surface area contributed by atoms with Gasteiger partial charge in [-0.25, -0.2) is 13.8 Å². The topological polar surface area (TPSA) is 97.8 Å². The number of hydrogen-bond donors (Lipinski definition) is 3. The van der Waals surface area contributed by atoms with E-state index in [1.54, 1.807) is 18.2 Å². The molecule has 1 fully saturated rings. The number of amides is 1. The molecule has 0 radical (unpaired) electrons. The number of aromatic amines is 1. The van der Waals surface area contributed by atoms with Gasteiger partial charge in [-0.3, -0.25) is 4.79 Å². The summed E-state index contributed by atoms with van der Waals surface area (Å²) < 4.78 is 65.3. The Morgan fingerprint density at radius 3 is 2.50 bits per heavy atom. The third kappa shape index (κ3) is 5.08. The zero-order valence-electron chi connectivity index (χ0n) is 16.5. The van der Waals surface area contributed by atoms with Crippen LogP contribution in [0.4, 0.5) is 22.0 Å². The van der Waals surface area contributed by atoms with Gasteiger partial charge in [0, 0.05) is 12.8 Å². The van der Waals surface area contributed by atoms with Crippen LogP contribution < -0.4 is 11.5 Å². The average Bonchev–Trinajstić information content (AvgIpc) is 3.07. The maximum Gasteiger partial charge on any atom is 0.389 e. The monoisotopic (exact) mass is 432 g/mol. The van der Waals surface area contributed by atoms with E-state index in [0.29, 0.717) is 35.3 Å². The molecular weight excluding hydrogens is 407 g/mol. The van der Waals surface area contributed by atoms with Gasteiger partial charge < -0.3 is 16.5 Å². The van der Waals surface area contributed by atoms with Crippen LogP contribution in [0.2, 0.25) is 0 Å². The van der Waals surface area contributed by atoms with Gasteiger partial charge in [-0.05, 0) is 42.4 Å². The molecule has 1 heterocycles. The molecule has 3 atom stereocenters. The van der Waals surface area contributed by atoms with E-state index in [-0.39, 0.29) is 18.8 Å². The van der Waals surface area contributed by atoms with Crippen LogP contribution in [0, 0.1) is 11.8 Å². The molecule has 5 nitrogen and oxygen atoms in total. The standard InChI is InChI=1S/C20H25F5N4O/c1-10(13(17(27)30)9-20(23,24)25)12-2-3-14-15(8-12)29-18(28-14)16(26)11-4-6-19(21,22)7-5-11/h2-3,8,10-11,13,16H,4-7,9,26H2,1H3,(H2,27,30)(H,28,29)/t10?,13?,16-/m0/s1. The lowest BCUT2D eigenvalue weighted by Gasteiger charge is -2.31. The maximum atomic E-state index is 13.4. The number of nitrogens with two attached hydrogens (primary N) is 2. The first kappa shape index (κ1) is 22.5. The lowest BCUT2D eigenvalue weighted by atomic mass is 9.82. The van der Waals surface area contributed by atoms with Crippen molar-refractivity contribution in [3.63, 3.8) is 0 Å². The van der Waals surface area contributed by atoms with Crippen molar-refractivity contribution in [2.75, 3.05) is 0 Å². The van der Waals surface area contributed by atoms with Gasteiger partial charge in [0.2, 0.25) is 11.8 Å². The van der Waals surface area contributed by atoms with Gasteiger partial charge in [0.15, 0.2) is 0 Å². The van der Waals surface area contributed by atoms with E-state index in [0.717, 1.165) is 0 Å². The summed E-state index contributed by atoms with van der Waals surface area (Å²) in [5.41, 5.74) is 13.1. The number of nitrogens with zero attached hydrogens (tertiary/aromatic N) is 1. The molecule has 0 aliphatic heterocycles. The summed E-state index contributed by atoms with van der Waals surface area (Å²) in [7, 11) is 0. The summed E-state index contributed by atoms with van der Waals surface area (Å²) in [4.78, 5) is 19.1. The fraction of sp³-hybridized carbons (Fsp3) is 0.600. The fourth-order valence-electron chi connectivity index (χ4n) is 4.13. The Morgan fingerprint density at radius 2 is 1.93 bits per heavy atom. The third-order valence-electron chi connectivity index (χ3n) is 6.06. The molecular formula is C20H25F5N4O. The number of nitrogens with one attached hydrogen (secondary N) is 1. The molecule has 5 N–H and O–H groups in total. The van der Waals surface area contributed by atoms with Crippen molar-refractivity contribution < 1.29 is 26.7 Å². The molecule has 1 aliphatic carbocycles. The number of rotatable bonds is 6. The summed E-state index contributed by atoms with van der Waals surface area (Å²) >= 11 is 0. The number of carbonyl (C=O) groups is 1. The van der Waals surface area contributed by atoms with Gasteiger partial charge in [0.25, 0.3) is 0 Å². The first-order valence-corrected chi connectivity index (χ1v) is 9.85. The Labute approximate surface area is 170 Å². The molecule has 0 saturated heterocycles. The highest BCUT2D eigenvalue weighted by Crippen LogP contribution is 2.40. The summed E-state index contributed by atoms with van der Waals surface area (Å²) in [6.07, 6.45) is -5.63. The molecule has 1 saturated carbocycles. The van der Waals surface area contributed by atoms with Crippen molar-refractivity contribution in [2.45, 2.75) is 63.1 Å². The summed E-state index contributed by atoms with van der Waals surface area (Å²) in [6.45, 7) is 1.52. The minimum atomic E-state index is -4.51. The highest BCUT2D eigenvalue weighted by molar-refractivity contribution is 5.79. The van der Waals surface area contributed by atoms with Crippen LogP contribution in [0.25, 0.3) is 11.0 Å². The molecule has 166 valence electrons. The number of carbonyl (C=O) groups excluding carboxylic acids is 1. The van der Waals surface area contributed by atoms with Crippen LogP contribution in [-0.2, 0) is 4.79 Å². The van der Waals surface area contributed by atoms with Crippen LogP contribution >= 0.6 is 0 Å². The molecule has 3 rings (SSSR count). The molecule has 2 unspecified atom stereocenters. The zero-order chi connectivity index (χ0) is 22.3. The lowest BCUT2D eigenvalue weighted by Crippen LogP contribution is -2.32. The Bertz CT molecular complexity index is 900. The van der Waals surface area contributed by atoms with E-state index >= 15 is 0 Å². The fourth-order valence-corrected chi connectivity index (χ4v) is 4.13. The number of fused-ring (bicyclic) bond motifs is 1. The molecule has 2 aromatic rings. The van der Waals surface area contributed by atoms with Gasteiger partial charge in [-0.1, -0.05) is 13.0 Å². The van der Waals surface area contributed by atoms with E-state index in [2.05, 4.69) is 9.97 Å². The first-order chi connectivity index (χ1) is 13.9. The van der Waals surface area contributed by atoms with E-state index in [1.807, 2.05) is 0 Å². The molecule has 1 amide bonds. The smallest absolute Gasteiger partial charge is 0.369 e. The summed E-state index contributed by atoms with van der Waals surface area (Å²) in [5, 5.41) is 0. The highest BCUT2D eigenvalue weighted by atomic mass is 19.4. The van der Waals surface area contributed by atoms with Crippen molar-refractivity contribution in [3.8, 4) is 0 Å². The first-order valence-electron chi connectivity index (χ1n) is 9.85. The normalized spacial score (nSPS) is 20.8. The Kier molecular flexibility index (Phi) is 6.08. The number of hydrogen-bond acceptors (Lipinski definition) is 3. The second-order valence-electron chi connectivity index (χ2n) is 8.23. The second kappa shape index (κ2) is 8.13. The van der Waals surface area contributed by atoms with Gasteiger partial charge in [-0.2, -0.15) is 13.2 Å². The number of benzene rings is 1. The Balaban J connectivity index is 1.81. The van der Waals surface area contributed by atoms with E-state index in [1.165, 1.54) is 6.92 Å². The molecule has 1 aromatic carbocycles. The number of aromatic nitrogens is 2. The molecule has 1 aliphatic rings. The van der Waals surface area contributed by atoms with Crippen molar-refractivity contribution in [1.82, 2.24) is 9.97 Å². The number of alkyl halides is 5. The van der Waals surface area contributed by atoms with Gasteiger partial charge in [0.1, 0.15) is 5.82 Å². The van der Waals surface area contributed by atoms with E-state index in [9.17, 15) is 26.7 Å². The molecule has 30 heavy (non-hydrogen) atoms. The van der Waals surface area contributed by atoms with Gasteiger partial charge in [-0.15, -0.1) is 0 Å². The zero-order valence-corrected chi connectivity index (χ0v) is 16.5. The van der Waals surface area contributed by atoms with Crippen LogP contribution in [0.5, 0.6) is 0 Å². The third-order valence-corrected chi connectivity index (χ3v) is 6.06. The minimum Gasteiger partial charge on any atom is -0.369 e. The molecule has 10 heteroatoms. The van der Waals surface area contributed by atoms with Crippen LogP contribution in [0.1, 0.15) is 62.4 Å². The minimum absolute atomic E-state index is 0.130. The largest absolute Gasteiger partial charge is 0.389 e. The summed E-state index contributed by atoms with van der Waals surface area (Å²) in [5.74, 6) is -5.50.